The van der Waals surface area contributed by atoms with Crippen molar-refractivity contribution >= 4 is 63.4 Å². The highest BCUT2D eigenvalue weighted by molar-refractivity contribution is 8.00. The molecule has 1 aromatic carbocycles. The number of oxime groups is 1. The van der Waals surface area contributed by atoms with Gasteiger partial charge in [-0.15, -0.1) is 23.1 Å². The molecule has 204 valence electrons. The Morgan fingerprint density at radius 3 is 2.67 bits per heavy atom. The van der Waals surface area contributed by atoms with E-state index in [1.165, 1.54) is 59.5 Å². The van der Waals surface area contributed by atoms with Gasteiger partial charge in [0, 0.05) is 23.3 Å². The van der Waals surface area contributed by atoms with E-state index in [0.29, 0.717) is 11.3 Å². The zero-order valence-corrected chi connectivity index (χ0v) is 21.7. The highest BCUT2D eigenvalue weighted by Gasteiger charge is 2.53. The molecule has 2 aliphatic heterocycles. The van der Waals surface area contributed by atoms with Crippen LogP contribution in [0.25, 0.3) is 0 Å². The second-order valence-electron chi connectivity index (χ2n) is 7.83. The number of fused-ring (bicyclic) bond motifs is 1. The van der Waals surface area contributed by atoms with E-state index in [9.17, 15) is 29.3 Å². The van der Waals surface area contributed by atoms with Crippen LogP contribution in [0.1, 0.15) is 11.3 Å². The summed E-state index contributed by atoms with van der Waals surface area (Å²) in [5, 5.41) is 18.1. The molecule has 3 N–H and O–H groups in total. The Balaban J connectivity index is 1.29. The number of hydrogen-bond donors (Lipinski definition) is 2. The highest BCUT2D eigenvalue weighted by atomic mass is 32.2. The zero-order valence-electron chi connectivity index (χ0n) is 20.1. The first-order valence-electron chi connectivity index (χ1n) is 11.0. The van der Waals surface area contributed by atoms with Crippen molar-refractivity contribution in [2.24, 2.45) is 5.16 Å². The molecule has 2 amide bonds. The van der Waals surface area contributed by atoms with Crippen LogP contribution in [-0.4, -0.2) is 75.2 Å². The Morgan fingerprint density at radius 1 is 1.28 bits per heavy atom. The first kappa shape index (κ1) is 27.5. The van der Waals surface area contributed by atoms with Gasteiger partial charge in [-0.1, -0.05) is 5.16 Å². The van der Waals surface area contributed by atoms with Gasteiger partial charge in [0.25, 0.3) is 17.5 Å². The second-order valence-corrected chi connectivity index (χ2v) is 9.87. The molecule has 2 aromatic rings. The number of β-lactam (4-membered cyclic amide) rings is 1. The molecular formula is C22H20N6O9S2. The summed E-state index contributed by atoms with van der Waals surface area (Å²) in [5.74, 6) is -2.69. The van der Waals surface area contributed by atoms with Gasteiger partial charge in [-0.05, 0) is 23.8 Å². The van der Waals surface area contributed by atoms with Gasteiger partial charge in [0.2, 0.25) is 0 Å². The second kappa shape index (κ2) is 11.9. The topological polar surface area (TPSA) is 206 Å². The molecule has 0 saturated carbocycles. The van der Waals surface area contributed by atoms with Crippen LogP contribution < -0.4 is 11.1 Å². The number of thioether (sulfide) groups is 1. The monoisotopic (exact) mass is 576 g/mol. The third kappa shape index (κ3) is 6.15. The van der Waals surface area contributed by atoms with Crippen LogP contribution in [0.3, 0.4) is 0 Å². The van der Waals surface area contributed by atoms with Gasteiger partial charge in [0.15, 0.2) is 17.5 Å². The number of ether oxygens (including phenoxy) is 2. The number of hydrogen-bond acceptors (Lipinski definition) is 14. The molecule has 17 heteroatoms. The number of rotatable bonds is 10. The number of nitrogens with one attached hydrogen (secondary N) is 1. The van der Waals surface area contributed by atoms with Crippen LogP contribution >= 0.6 is 23.1 Å². The standard InChI is InChI=1S/C22H20N6O9S2/c1-35-26-16(13-10-39-22(23)24-13)18(30)25-17-19(31)27-14(6-7-38-20(17)27)21(32)37-9-15(29)36-8-11-2-4-12(5-3-11)28(33)34/h2-6,10,17,20H,7-9H2,1H3,(H2,23,24)(H,25,30)/t17?,20-/m0/s1. The Bertz CT molecular complexity index is 1370. The Labute approximate surface area is 228 Å². The summed E-state index contributed by atoms with van der Waals surface area (Å²) in [6, 6.07) is 4.45. The van der Waals surface area contributed by atoms with Crippen LogP contribution in [0.5, 0.6) is 0 Å². The van der Waals surface area contributed by atoms with Gasteiger partial charge >= 0.3 is 11.9 Å². The molecule has 1 fully saturated rings. The van der Waals surface area contributed by atoms with E-state index < -0.39 is 46.7 Å². The number of aromatic nitrogens is 1. The molecular weight excluding hydrogens is 556 g/mol. The van der Waals surface area contributed by atoms with Crippen LogP contribution in [0.15, 0.2) is 46.6 Å². The van der Waals surface area contributed by atoms with Crippen molar-refractivity contribution in [3.05, 3.63) is 62.8 Å². The summed E-state index contributed by atoms with van der Waals surface area (Å²) in [4.78, 5) is 70.3. The molecule has 4 rings (SSSR count). The average molecular weight is 577 g/mol. The van der Waals surface area contributed by atoms with Crippen molar-refractivity contribution in [1.82, 2.24) is 15.2 Å². The van der Waals surface area contributed by atoms with Gasteiger partial charge in [0.1, 0.15) is 36.5 Å². The fourth-order valence-electron chi connectivity index (χ4n) is 3.55. The van der Waals surface area contributed by atoms with Crippen molar-refractivity contribution in [2.75, 3.05) is 25.2 Å². The number of nitrogen functional groups attached to an aromatic ring is 1. The van der Waals surface area contributed by atoms with E-state index in [4.69, 9.17) is 20.0 Å². The minimum Gasteiger partial charge on any atom is -0.458 e. The van der Waals surface area contributed by atoms with Crippen molar-refractivity contribution in [3.63, 3.8) is 0 Å². The van der Waals surface area contributed by atoms with Gasteiger partial charge in [-0.3, -0.25) is 24.6 Å². The van der Waals surface area contributed by atoms with Crippen molar-refractivity contribution in [3.8, 4) is 0 Å². The van der Waals surface area contributed by atoms with Crippen LogP contribution in [0, 0.1) is 10.1 Å². The molecule has 1 aromatic heterocycles. The first-order valence-corrected chi connectivity index (χ1v) is 13.0. The molecule has 2 aliphatic rings. The van der Waals surface area contributed by atoms with E-state index in [2.05, 4.69) is 15.5 Å². The van der Waals surface area contributed by atoms with E-state index >= 15 is 0 Å². The minimum absolute atomic E-state index is 0.0597. The number of thiazole rings is 1. The molecule has 1 saturated heterocycles. The number of nitro groups is 1. The largest absolute Gasteiger partial charge is 0.458 e. The van der Waals surface area contributed by atoms with Gasteiger partial charge < -0.3 is 25.4 Å². The molecule has 0 bridgehead atoms. The Morgan fingerprint density at radius 2 is 2.03 bits per heavy atom. The van der Waals surface area contributed by atoms with Gasteiger partial charge in [-0.2, -0.15) is 0 Å². The maximum atomic E-state index is 12.8. The lowest BCUT2D eigenvalue weighted by Crippen LogP contribution is -2.70. The maximum absolute atomic E-state index is 12.8. The minimum atomic E-state index is -0.955. The van der Waals surface area contributed by atoms with E-state index in [1.54, 1.807) is 0 Å². The molecule has 39 heavy (non-hydrogen) atoms. The van der Waals surface area contributed by atoms with Crippen LogP contribution in [0.4, 0.5) is 10.8 Å². The lowest BCUT2D eigenvalue weighted by molar-refractivity contribution is -0.384. The predicted molar refractivity (Wildman–Crippen MR) is 137 cm³/mol. The highest BCUT2D eigenvalue weighted by Crippen LogP contribution is 2.37. The quantitative estimate of drug-likeness (QED) is 0.131. The van der Waals surface area contributed by atoms with Gasteiger partial charge in [-0.25, -0.2) is 14.6 Å². The van der Waals surface area contributed by atoms with Crippen LogP contribution in [0.2, 0.25) is 0 Å². The smallest absolute Gasteiger partial charge is 0.355 e. The molecule has 15 nitrogen and oxygen atoms in total. The summed E-state index contributed by atoms with van der Waals surface area (Å²) >= 11 is 2.42. The molecule has 0 spiro atoms. The van der Waals surface area contributed by atoms with E-state index in [-0.39, 0.29) is 34.5 Å². The van der Waals surface area contributed by atoms with Crippen LogP contribution in [-0.2, 0) is 40.1 Å². The SMILES string of the molecule is CON=C(C(=O)NC1C(=O)N2C(C(=O)OCC(=O)OCc3ccc([N+](=O)[O-])cc3)=CCS[C@@H]12)c1csc(N)n1. The van der Waals surface area contributed by atoms with E-state index in [1.807, 2.05) is 0 Å². The summed E-state index contributed by atoms with van der Waals surface area (Å²) in [7, 11) is 1.25. The average Bonchev–Trinajstić information content (AvgIpc) is 3.37. The van der Waals surface area contributed by atoms with Crippen molar-refractivity contribution < 1.29 is 38.4 Å². The summed E-state index contributed by atoms with van der Waals surface area (Å²) in [6.07, 6.45) is 1.48. The maximum Gasteiger partial charge on any atom is 0.355 e. The van der Waals surface area contributed by atoms with E-state index in [0.717, 1.165) is 11.3 Å². The zero-order chi connectivity index (χ0) is 28.1. The summed E-state index contributed by atoms with van der Waals surface area (Å²) in [5.41, 5.74) is 5.98. The number of non-ortho nitro benzene ring substituents is 1. The van der Waals surface area contributed by atoms with Gasteiger partial charge in [0.05, 0.1) is 4.92 Å². The Kier molecular flexibility index (Phi) is 8.40. The number of nitro benzene ring substituents is 1. The third-order valence-corrected chi connectivity index (χ3v) is 7.23. The van der Waals surface area contributed by atoms with Crippen molar-refractivity contribution in [1.29, 1.82) is 0 Å². The third-order valence-electron chi connectivity index (χ3n) is 5.37. The first-order chi connectivity index (χ1) is 18.7. The normalized spacial score (nSPS) is 18.3. The number of esters is 2. The fraction of sp³-hybridized carbons (Fsp3) is 0.273. The Hall–Kier alpha value is -4.51. The lowest BCUT2D eigenvalue weighted by atomic mass is 10.0. The predicted octanol–water partition coefficient (Wildman–Crippen LogP) is 0.554. The molecule has 3 heterocycles. The number of anilines is 1. The molecule has 1 unspecified atom stereocenters. The summed E-state index contributed by atoms with van der Waals surface area (Å²) < 4.78 is 10.0. The number of nitrogens with two attached hydrogens (primary N) is 1. The molecule has 2 atom stereocenters. The lowest BCUT2D eigenvalue weighted by Gasteiger charge is -2.48. The fourth-order valence-corrected chi connectivity index (χ4v) is 5.29. The molecule has 0 radical (unpaired) electrons. The number of benzene rings is 1. The summed E-state index contributed by atoms with van der Waals surface area (Å²) in [6.45, 7) is -0.888. The number of carbonyl (C=O) groups excluding carboxylic acids is 4. The molecule has 0 aliphatic carbocycles. The number of nitrogens with zero attached hydrogens (tertiary/aromatic N) is 4. The number of amides is 2. The number of carbonyl (C=O) groups is 4. The van der Waals surface area contributed by atoms with Crippen molar-refractivity contribution in [2.45, 2.75) is 18.0 Å².